The van der Waals surface area contributed by atoms with Crippen LogP contribution in [0.1, 0.15) is 59.8 Å². The topological polar surface area (TPSA) is 84.2 Å². The van der Waals surface area contributed by atoms with Crippen LogP contribution in [-0.2, 0) is 23.9 Å². The summed E-state index contributed by atoms with van der Waals surface area (Å²) in [5, 5.41) is 17.4. The number of rotatable bonds is 6. The summed E-state index contributed by atoms with van der Waals surface area (Å²) in [6.07, 6.45) is -1.82. The second-order valence-corrected chi connectivity index (χ2v) is 8.71. The molecule has 2 aromatic carbocycles. The number of aromatic nitrogens is 2. The highest BCUT2D eigenvalue weighted by Crippen LogP contribution is 2.31. The highest BCUT2D eigenvalue weighted by molar-refractivity contribution is 6.06. The summed E-state index contributed by atoms with van der Waals surface area (Å²) < 4.78 is 40.5. The molecular weight excluding hydrogens is 447 g/mol. The fraction of sp³-hybridized carbons (Fsp3) is 0.400. The molecule has 2 N–H and O–H groups in total. The van der Waals surface area contributed by atoms with Crippen LogP contribution in [-0.4, -0.2) is 32.8 Å². The number of aryl methyl sites for hydroxylation is 1. The van der Waals surface area contributed by atoms with E-state index in [4.69, 9.17) is 0 Å². The molecule has 0 spiro atoms. The highest BCUT2D eigenvalue weighted by atomic mass is 19.4. The molecule has 6 nitrogen and oxygen atoms in total. The first-order chi connectivity index (χ1) is 16.2. The van der Waals surface area contributed by atoms with Gasteiger partial charge >= 0.3 is 12.1 Å². The summed E-state index contributed by atoms with van der Waals surface area (Å²) in [5.74, 6) is -1.50. The standard InChI is InChI=1S/C25H26F3N3O3/c1-2-31-20-5-3-4-17(14-15-6-10-18(11-7-15)25(26,27)28)21(20)22(30-31)23(32)29-19-12-8-16(9-13-19)24(33)34/h3-7,10-11,16,19H,2,8-9,12-14H2,1H3,(H,29,32)(H,33,34)/t16-,19-. The predicted octanol–water partition coefficient (Wildman–Crippen LogP) is 5.04. The zero-order valence-electron chi connectivity index (χ0n) is 18.7. The van der Waals surface area contributed by atoms with E-state index in [1.807, 2.05) is 25.1 Å². The molecule has 0 atom stereocenters. The molecule has 0 bridgehead atoms. The van der Waals surface area contributed by atoms with Crippen LogP contribution in [0.2, 0.25) is 0 Å². The molecule has 9 heteroatoms. The van der Waals surface area contributed by atoms with Crippen LogP contribution < -0.4 is 5.32 Å². The molecule has 180 valence electrons. The number of carbonyl (C=O) groups excluding carboxylic acids is 1. The van der Waals surface area contributed by atoms with Crippen LogP contribution in [0.4, 0.5) is 13.2 Å². The number of hydrogen-bond acceptors (Lipinski definition) is 3. The number of fused-ring (bicyclic) bond motifs is 1. The van der Waals surface area contributed by atoms with E-state index in [0.29, 0.717) is 49.6 Å². The number of nitrogens with zero attached hydrogens (tertiary/aromatic N) is 2. The Kier molecular flexibility index (Phi) is 6.63. The first-order valence-corrected chi connectivity index (χ1v) is 11.4. The Balaban J connectivity index is 1.60. The second-order valence-electron chi connectivity index (χ2n) is 8.71. The van der Waals surface area contributed by atoms with Crippen molar-refractivity contribution in [2.24, 2.45) is 5.92 Å². The Morgan fingerprint density at radius 2 is 1.76 bits per heavy atom. The minimum atomic E-state index is -4.39. The van der Waals surface area contributed by atoms with E-state index in [9.17, 15) is 27.9 Å². The molecule has 1 aliphatic carbocycles. The quantitative estimate of drug-likeness (QED) is 0.526. The maximum Gasteiger partial charge on any atom is 0.416 e. The molecule has 1 amide bonds. The molecule has 1 heterocycles. The molecule has 3 aromatic rings. The molecule has 34 heavy (non-hydrogen) atoms. The van der Waals surface area contributed by atoms with E-state index in [1.165, 1.54) is 12.1 Å². The molecule has 0 radical (unpaired) electrons. The lowest BCUT2D eigenvalue weighted by Gasteiger charge is -2.26. The van der Waals surface area contributed by atoms with Gasteiger partial charge in [-0.05, 0) is 68.4 Å². The van der Waals surface area contributed by atoms with Crippen molar-refractivity contribution in [1.29, 1.82) is 0 Å². The first-order valence-electron chi connectivity index (χ1n) is 11.4. The maximum atomic E-state index is 13.2. The third-order valence-corrected chi connectivity index (χ3v) is 6.47. The van der Waals surface area contributed by atoms with Crippen LogP contribution in [0.5, 0.6) is 0 Å². The van der Waals surface area contributed by atoms with E-state index in [2.05, 4.69) is 10.4 Å². The van der Waals surface area contributed by atoms with E-state index in [1.54, 1.807) is 4.68 Å². The third-order valence-electron chi connectivity index (χ3n) is 6.47. The Morgan fingerprint density at radius 3 is 2.35 bits per heavy atom. The molecule has 0 saturated heterocycles. The molecule has 1 fully saturated rings. The SMILES string of the molecule is CCn1nc(C(=O)N[C@H]2CC[C@H](C(=O)O)CC2)c2c(Cc3ccc(C(F)(F)F)cc3)cccc21. The molecule has 4 rings (SSSR count). The van der Waals surface area contributed by atoms with Crippen molar-refractivity contribution in [1.82, 2.24) is 15.1 Å². The Labute approximate surface area is 194 Å². The van der Waals surface area contributed by atoms with Gasteiger partial charge in [-0.25, -0.2) is 0 Å². The van der Waals surface area contributed by atoms with Crippen molar-refractivity contribution in [2.45, 2.75) is 57.8 Å². The predicted molar refractivity (Wildman–Crippen MR) is 121 cm³/mol. The fourth-order valence-electron chi connectivity index (χ4n) is 4.62. The zero-order valence-corrected chi connectivity index (χ0v) is 18.7. The highest BCUT2D eigenvalue weighted by Gasteiger charge is 2.30. The van der Waals surface area contributed by atoms with Gasteiger partial charge < -0.3 is 10.4 Å². The number of amides is 1. The van der Waals surface area contributed by atoms with Crippen LogP contribution in [0, 0.1) is 5.92 Å². The zero-order chi connectivity index (χ0) is 24.5. The number of nitrogens with one attached hydrogen (secondary N) is 1. The number of carboxylic acid groups (broad SMARTS) is 1. The van der Waals surface area contributed by atoms with Gasteiger partial charge in [0.05, 0.1) is 17.0 Å². The van der Waals surface area contributed by atoms with Gasteiger partial charge in [-0.2, -0.15) is 18.3 Å². The lowest BCUT2D eigenvalue weighted by molar-refractivity contribution is -0.143. The maximum absolute atomic E-state index is 13.2. The van der Waals surface area contributed by atoms with Crippen molar-refractivity contribution in [2.75, 3.05) is 0 Å². The van der Waals surface area contributed by atoms with Gasteiger partial charge in [0, 0.05) is 18.0 Å². The summed E-state index contributed by atoms with van der Waals surface area (Å²) in [5.41, 5.74) is 1.86. The van der Waals surface area contributed by atoms with Crippen molar-refractivity contribution < 1.29 is 27.9 Å². The fourth-order valence-corrected chi connectivity index (χ4v) is 4.62. The molecule has 0 aliphatic heterocycles. The normalized spacial score (nSPS) is 18.7. The van der Waals surface area contributed by atoms with Crippen LogP contribution >= 0.6 is 0 Å². The van der Waals surface area contributed by atoms with Crippen molar-refractivity contribution in [3.63, 3.8) is 0 Å². The number of aliphatic carboxylic acids is 1. The van der Waals surface area contributed by atoms with Gasteiger partial charge in [0.1, 0.15) is 0 Å². The summed E-state index contributed by atoms with van der Waals surface area (Å²) >= 11 is 0. The summed E-state index contributed by atoms with van der Waals surface area (Å²) in [7, 11) is 0. The van der Waals surface area contributed by atoms with Gasteiger partial charge in [0.15, 0.2) is 5.69 Å². The Bertz CT molecular complexity index is 1190. The van der Waals surface area contributed by atoms with Gasteiger partial charge in [0.25, 0.3) is 5.91 Å². The van der Waals surface area contributed by atoms with Crippen LogP contribution in [0.3, 0.4) is 0 Å². The van der Waals surface area contributed by atoms with Crippen molar-refractivity contribution in [3.05, 3.63) is 64.8 Å². The minimum Gasteiger partial charge on any atom is -0.481 e. The summed E-state index contributed by atoms with van der Waals surface area (Å²) in [6.45, 7) is 2.47. The molecule has 1 aromatic heterocycles. The number of hydrogen-bond donors (Lipinski definition) is 2. The number of halogens is 3. The van der Waals surface area contributed by atoms with Crippen molar-refractivity contribution >= 4 is 22.8 Å². The van der Waals surface area contributed by atoms with Gasteiger partial charge in [0.2, 0.25) is 0 Å². The number of carboxylic acids is 1. The number of benzene rings is 2. The average molecular weight is 473 g/mol. The van der Waals surface area contributed by atoms with E-state index >= 15 is 0 Å². The van der Waals surface area contributed by atoms with Gasteiger partial charge in [-0.1, -0.05) is 24.3 Å². The third kappa shape index (κ3) is 4.93. The Morgan fingerprint density at radius 1 is 1.09 bits per heavy atom. The van der Waals surface area contributed by atoms with Gasteiger partial charge in [-0.15, -0.1) is 0 Å². The largest absolute Gasteiger partial charge is 0.481 e. The molecular formula is C25H26F3N3O3. The molecule has 1 saturated carbocycles. The summed E-state index contributed by atoms with van der Waals surface area (Å²) in [4.78, 5) is 24.4. The monoisotopic (exact) mass is 473 g/mol. The lowest BCUT2D eigenvalue weighted by Crippen LogP contribution is -2.39. The van der Waals surface area contributed by atoms with Crippen LogP contribution in [0.25, 0.3) is 10.9 Å². The molecule has 1 aliphatic rings. The number of alkyl halides is 3. The lowest BCUT2D eigenvalue weighted by atomic mass is 9.86. The second kappa shape index (κ2) is 9.48. The van der Waals surface area contributed by atoms with Crippen molar-refractivity contribution in [3.8, 4) is 0 Å². The number of carbonyl (C=O) groups is 2. The molecule has 0 unspecified atom stereocenters. The average Bonchev–Trinajstić information content (AvgIpc) is 3.19. The Hall–Kier alpha value is -3.36. The van der Waals surface area contributed by atoms with Gasteiger partial charge in [-0.3, -0.25) is 14.3 Å². The van der Waals surface area contributed by atoms with Crippen LogP contribution in [0.15, 0.2) is 42.5 Å². The van der Waals surface area contributed by atoms with E-state index < -0.39 is 17.7 Å². The minimum absolute atomic E-state index is 0.119. The smallest absolute Gasteiger partial charge is 0.416 e. The van der Waals surface area contributed by atoms with E-state index in [-0.39, 0.29) is 23.6 Å². The summed E-state index contributed by atoms with van der Waals surface area (Å²) in [6, 6.07) is 10.5. The first kappa shape index (κ1) is 23.8. The van der Waals surface area contributed by atoms with E-state index in [0.717, 1.165) is 23.2 Å².